The van der Waals surface area contributed by atoms with Crippen molar-refractivity contribution in [2.75, 3.05) is 13.1 Å². The second-order valence-electron chi connectivity index (χ2n) is 7.28. The minimum atomic E-state index is -0.309. The smallest absolute Gasteiger partial charge is 0.399 e. The molecule has 6 heteroatoms. The summed E-state index contributed by atoms with van der Waals surface area (Å²) in [6.45, 7) is 11.5. The molecule has 0 saturated carbocycles. The van der Waals surface area contributed by atoms with Crippen molar-refractivity contribution in [1.29, 1.82) is 0 Å². The predicted octanol–water partition coefficient (Wildman–Crippen LogP) is 1.18. The maximum absolute atomic E-state index is 6.07. The van der Waals surface area contributed by atoms with Gasteiger partial charge in [-0.1, -0.05) is 0 Å². The van der Waals surface area contributed by atoms with Crippen LogP contribution in [0, 0.1) is 5.92 Å². The lowest BCUT2D eigenvalue weighted by Gasteiger charge is -2.32. The van der Waals surface area contributed by atoms with Gasteiger partial charge in [-0.15, -0.1) is 0 Å². The first-order valence-corrected chi connectivity index (χ1v) is 7.96. The number of hydrogen-bond acceptors (Lipinski definition) is 4. The second kappa shape index (κ2) is 5.41. The van der Waals surface area contributed by atoms with Gasteiger partial charge in [0.05, 0.1) is 11.2 Å². The Balaban J connectivity index is 1.65. The van der Waals surface area contributed by atoms with Crippen molar-refractivity contribution in [2.45, 2.75) is 58.3 Å². The van der Waals surface area contributed by atoms with Gasteiger partial charge in [0.15, 0.2) is 0 Å². The Kier molecular flexibility index (Phi) is 3.88. The quantitative estimate of drug-likeness (QED) is 0.850. The first kappa shape index (κ1) is 15.1. The average Bonchev–Trinajstić information content (AvgIpc) is 2.94. The second-order valence-corrected chi connectivity index (χ2v) is 7.28. The van der Waals surface area contributed by atoms with Crippen molar-refractivity contribution < 1.29 is 9.31 Å². The number of nitrogens with zero attached hydrogens (tertiary/aromatic N) is 2. The van der Waals surface area contributed by atoms with Gasteiger partial charge in [0, 0.05) is 24.4 Å². The van der Waals surface area contributed by atoms with Gasteiger partial charge in [0.1, 0.15) is 0 Å². The normalized spacial score (nSPS) is 25.4. The Labute approximate surface area is 127 Å². The summed E-state index contributed by atoms with van der Waals surface area (Å²) in [5.74, 6) is 0.720. The van der Waals surface area contributed by atoms with Gasteiger partial charge >= 0.3 is 7.12 Å². The molecule has 3 heterocycles. The highest BCUT2D eigenvalue weighted by Crippen LogP contribution is 2.36. The maximum Gasteiger partial charge on any atom is 0.498 e. The molecular weight excluding hydrogens is 265 g/mol. The Hall–Kier alpha value is -0.845. The lowest BCUT2D eigenvalue weighted by atomic mass is 9.82. The summed E-state index contributed by atoms with van der Waals surface area (Å²) in [7, 11) is -0.309. The SMILES string of the molecule is CC1(C)OB(c2cnn(CC3CCNCC3)c2)OC1(C)C. The number of piperidine rings is 1. The summed E-state index contributed by atoms with van der Waals surface area (Å²) >= 11 is 0. The molecule has 1 aromatic heterocycles. The number of rotatable bonds is 3. The van der Waals surface area contributed by atoms with E-state index < -0.39 is 0 Å². The highest BCUT2D eigenvalue weighted by Gasteiger charge is 2.52. The van der Waals surface area contributed by atoms with Crippen molar-refractivity contribution in [3.63, 3.8) is 0 Å². The molecule has 5 nitrogen and oxygen atoms in total. The van der Waals surface area contributed by atoms with Crippen LogP contribution in [0.1, 0.15) is 40.5 Å². The van der Waals surface area contributed by atoms with E-state index in [9.17, 15) is 0 Å². The zero-order valence-electron chi connectivity index (χ0n) is 13.6. The molecule has 0 bridgehead atoms. The summed E-state index contributed by atoms with van der Waals surface area (Å²) < 4.78 is 14.2. The van der Waals surface area contributed by atoms with E-state index in [-0.39, 0.29) is 18.3 Å². The van der Waals surface area contributed by atoms with Crippen LogP contribution in [-0.4, -0.2) is 41.2 Å². The van der Waals surface area contributed by atoms with E-state index in [1.165, 1.54) is 12.8 Å². The van der Waals surface area contributed by atoms with Gasteiger partial charge in [-0.2, -0.15) is 5.10 Å². The summed E-state index contributed by atoms with van der Waals surface area (Å²) in [6.07, 6.45) is 6.41. The first-order valence-electron chi connectivity index (χ1n) is 7.96. The Morgan fingerprint density at radius 3 is 2.48 bits per heavy atom. The molecule has 0 spiro atoms. The van der Waals surface area contributed by atoms with Crippen molar-refractivity contribution in [1.82, 2.24) is 15.1 Å². The van der Waals surface area contributed by atoms with Crippen LogP contribution < -0.4 is 10.8 Å². The van der Waals surface area contributed by atoms with Crippen molar-refractivity contribution >= 4 is 12.6 Å². The molecule has 1 aromatic rings. The van der Waals surface area contributed by atoms with Crippen LogP contribution in [0.5, 0.6) is 0 Å². The molecular formula is C15H26BN3O2. The Morgan fingerprint density at radius 2 is 1.86 bits per heavy atom. The third-order valence-electron chi connectivity index (χ3n) is 5.08. The third-order valence-corrected chi connectivity index (χ3v) is 5.08. The fourth-order valence-corrected chi connectivity index (χ4v) is 2.91. The zero-order valence-corrected chi connectivity index (χ0v) is 13.6. The van der Waals surface area contributed by atoms with Crippen LogP contribution in [0.3, 0.4) is 0 Å². The van der Waals surface area contributed by atoms with Crippen LogP contribution in [0.15, 0.2) is 12.4 Å². The first-order chi connectivity index (χ1) is 9.87. The van der Waals surface area contributed by atoms with Crippen LogP contribution >= 0.6 is 0 Å². The zero-order chi connectivity index (χ0) is 15.1. The van der Waals surface area contributed by atoms with Crippen LogP contribution in [0.4, 0.5) is 0 Å². The average molecular weight is 291 g/mol. The molecule has 0 unspecified atom stereocenters. The Bertz CT molecular complexity index is 479. The van der Waals surface area contributed by atoms with Crippen LogP contribution in [-0.2, 0) is 15.9 Å². The number of aromatic nitrogens is 2. The minimum absolute atomic E-state index is 0.297. The molecule has 1 N–H and O–H groups in total. The van der Waals surface area contributed by atoms with E-state index in [2.05, 4.69) is 44.3 Å². The van der Waals surface area contributed by atoms with Gasteiger partial charge in [0.2, 0.25) is 0 Å². The molecule has 0 radical (unpaired) electrons. The van der Waals surface area contributed by atoms with Crippen molar-refractivity contribution in [2.24, 2.45) is 5.92 Å². The van der Waals surface area contributed by atoms with E-state index in [1.807, 2.05) is 10.9 Å². The summed E-state index contributed by atoms with van der Waals surface area (Å²) in [6, 6.07) is 0. The van der Waals surface area contributed by atoms with E-state index in [0.717, 1.165) is 31.0 Å². The minimum Gasteiger partial charge on any atom is -0.399 e. The van der Waals surface area contributed by atoms with E-state index in [1.54, 1.807) is 0 Å². The fourth-order valence-electron chi connectivity index (χ4n) is 2.91. The van der Waals surface area contributed by atoms with Crippen molar-refractivity contribution in [3.8, 4) is 0 Å². The van der Waals surface area contributed by atoms with E-state index >= 15 is 0 Å². The van der Waals surface area contributed by atoms with Crippen LogP contribution in [0.25, 0.3) is 0 Å². The van der Waals surface area contributed by atoms with Gasteiger partial charge in [-0.25, -0.2) is 0 Å². The number of hydrogen-bond donors (Lipinski definition) is 1. The largest absolute Gasteiger partial charge is 0.498 e. The molecule has 21 heavy (non-hydrogen) atoms. The Morgan fingerprint density at radius 1 is 1.24 bits per heavy atom. The standard InChI is InChI=1S/C15H26BN3O2/c1-14(2)15(3,4)21-16(20-14)13-9-18-19(11-13)10-12-5-7-17-8-6-12/h9,11-12,17H,5-8,10H2,1-4H3. The highest BCUT2D eigenvalue weighted by molar-refractivity contribution is 6.61. The molecule has 0 atom stereocenters. The van der Waals surface area contributed by atoms with Gasteiger partial charge in [-0.05, 0) is 59.5 Å². The lowest BCUT2D eigenvalue weighted by molar-refractivity contribution is 0.00578. The summed E-state index contributed by atoms with van der Waals surface area (Å²) in [4.78, 5) is 0. The number of nitrogens with one attached hydrogen (secondary N) is 1. The third kappa shape index (κ3) is 3.03. The molecule has 0 aliphatic carbocycles. The molecule has 2 saturated heterocycles. The van der Waals surface area contributed by atoms with E-state index in [0.29, 0.717) is 0 Å². The van der Waals surface area contributed by atoms with Gasteiger partial charge < -0.3 is 14.6 Å². The van der Waals surface area contributed by atoms with Gasteiger partial charge in [-0.3, -0.25) is 4.68 Å². The molecule has 2 aliphatic rings. The van der Waals surface area contributed by atoms with Crippen LogP contribution in [0.2, 0.25) is 0 Å². The highest BCUT2D eigenvalue weighted by atomic mass is 16.7. The molecule has 2 fully saturated rings. The van der Waals surface area contributed by atoms with Gasteiger partial charge in [0.25, 0.3) is 0 Å². The molecule has 2 aliphatic heterocycles. The molecule has 3 rings (SSSR count). The van der Waals surface area contributed by atoms with Crippen molar-refractivity contribution in [3.05, 3.63) is 12.4 Å². The molecule has 116 valence electrons. The summed E-state index contributed by atoms with van der Waals surface area (Å²) in [5.41, 5.74) is 0.423. The maximum atomic E-state index is 6.07. The monoisotopic (exact) mass is 291 g/mol. The van der Waals surface area contributed by atoms with E-state index in [4.69, 9.17) is 9.31 Å². The lowest BCUT2D eigenvalue weighted by Crippen LogP contribution is -2.41. The predicted molar refractivity (Wildman–Crippen MR) is 83.5 cm³/mol. The molecule has 0 amide bonds. The molecule has 0 aromatic carbocycles. The fraction of sp³-hybridized carbons (Fsp3) is 0.800. The summed E-state index contributed by atoms with van der Waals surface area (Å²) in [5, 5.41) is 7.89. The topological polar surface area (TPSA) is 48.3 Å².